The number of hydrogen-bond acceptors (Lipinski definition) is 4. The van der Waals surface area contributed by atoms with Gasteiger partial charge in [0.15, 0.2) is 11.5 Å². The van der Waals surface area contributed by atoms with Crippen molar-refractivity contribution in [3.05, 3.63) is 60.5 Å². The number of aromatic nitrogens is 1. The van der Waals surface area contributed by atoms with Crippen molar-refractivity contribution >= 4 is 10.8 Å². The van der Waals surface area contributed by atoms with Crippen LogP contribution in [0.3, 0.4) is 0 Å². The summed E-state index contributed by atoms with van der Waals surface area (Å²) < 4.78 is 23.0. The van der Waals surface area contributed by atoms with Gasteiger partial charge in [0.25, 0.3) is 5.22 Å². The highest BCUT2D eigenvalue weighted by molar-refractivity contribution is 7.84. The van der Waals surface area contributed by atoms with E-state index in [1.807, 2.05) is 6.07 Å². The molecule has 1 unspecified atom stereocenters. The number of nitrogens with zero attached hydrogens (tertiary/aromatic N) is 1. The van der Waals surface area contributed by atoms with Gasteiger partial charge in [-0.15, -0.1) is 0 Å². The van der Waals surface area contributed by atoms with Gasteiger partial charge in [-0.1, -0.05) is 43.2 Å². The second-order valence-electron chi connectivity index (χ2n) is 5.67. The molecule has 2 heterocycles. The molecule has 2 aromatic heterocycles. The number of aryl methyl sites for hydroxylation is 1. The van der Waals surface area contributed by atoms with Crippen molar-refractivity contribution in [3.8, 4) is 11.5 Å². The fraction of sp³-hybridized carbons (Fsp3) is 0.316. The fourth-order valence-electron chi connectivity index (χ4n) is 2.54. The first kappa shape index (κ1) is 16.7. The van der Waals surface area contributed by atoms with Crippen LogP contribution in [0, 0.1) is 0 Å². The summed E-state index contributed by atoms with van der Waals surface area (Å²) in [5.74, 6) is 1.71. The van der Waals surface area contributed by atoms with Crippen LogP contribution in [0.4, 0.5) is 0 Å². The van der Waals surface area contributed by atoms with Crippen LogP contribution < -0.4 is 0 Å². The summed E-state index contributed by atoms with van der Waals surface area (Å²) in [7, 11) is -1.19. The van der Waals surface area contributed by atoms with Crippen LogP contribution in [0.15, 0.2) is 69.0 Å². The van der Waals surface area contributed by atoms with Crippen LogP contribution in [0.1, 0.15) is 31.2 Å². The lowest BCUT2D eigenvalue weighted by molar-refractivity contribution is 0.440. The topological polar surface area (TPSA) is 56.2 Å². The van der Waals surface area contributed by atoms with Crippen molar-refractivity contribution in [2.45, 2.75) is 37.3 Å². The molecule has 126 valence electrons. The van der Waals surface area contributed by atoms with Gasteiger partial charge in [0, 0.05) is 5.75 Å². The molecule has 3 aromatic rings. The van der Waals surface area contributed by atoms with Gasteiger partial charge in [-0.05, 0) is 37.0 Å². The van der Waals surface area contributed by atoms with Crippen molar-refractivity contribution in [2.75, 3.05) is 5.75 Å². The Morgan fingerprint density at radius 3 is 2.54 bits per heavy atom. The minimum absolute atomic E-state index is 0.283. The van der Waals surface area contributed by atoms with E-state index < -0.39 is 10.8 Å². The summed E-state index contributed by atoms with van der Waals surface area (Å²) >= 11 is 0. The predicted octanol–water partition coefficient (Wildman–Crippen LogP) is 4.85. The Balaban J connectivity index is 1.35. The molecule has 1 aromatic carbocycles. The lowest BCUT2D eigenvalue weighted by atomic mass is 10.1. The number of benzene rings is 1. The number of rotatable bonds is 9. The molecule has 0 bridgehead atoms. The van der Waals surface area contributed by atoms with Gasteiger partial charge in [0.1, 0.15) is 10.8 Å². The number of oxazole rings is 1. The van der Waals surface area contributed by atoms with Crippen molar-refractivity contribution < 1.29 is 13.0 Å². The zero-order valence-corrected chi connectivity index (χ0v) is 14.3. The van der Waals surface area contributed by atoms with Crippen LogP contribution in [-0.4, -0.2) is 14.9 Å². The summed E-state index contributed by atoms with van der Waals surface area (Å²) in [5, 5.41) is 0.283. The highest BCUT2D eigenvalue weighted by Gasteiger charge is 2.13. The largest absolute Gasteiger partial charge is 0.461 e. The standard InChI is InChI=1S/C19H21NO3S/c21-24(19-20-15-18(23-19)17-12-8-13-22-17)14-7-2-1-4-9-16-10-5-3-6-11-16/h3,5-6,8,10-13,15H,1-2,4,7,9,14H2. The molecule has 24 heavy (non-hydrogen) atoms. The first-order valence-corrected chi connectivity index (χ1v) is 9.57. The Morgan fingerprint density at radius 2 is 1.75 bits per heavy atom. The molecule has 0 aliphatic rings. The minimum Gasteiger partial charge on any atom is -0.461 e. The summed E-state index contributed by atoms with van der Waals surface area (Å²) in [5.41, 5.74) is 1.38. The maximum atomic E-state index is 12.2. The first-order valence-electron chi connectivity index (χ1n) is 8.25. The van der Waals surface area contributed by atoms with E-state index in [4.69, 9.17) is 8.83 Å². The Labute approximate surface area is 144 Å². The molecular weight excluding hydrogens is 322 g/mol. The van der Waals surface area contributed by atoms with Gasteiger partial charge in [-0.3, -0.25) is 0 Å². The molecule has 0 fully saturated rings. The van der Waals surface area contributed by atoms with Crippen LogP contribution in [0.5, 0.6) is 0 Å². The molecule has 4 nitrogen and oxygen atoms in total. The fourth-order valence-corrected chi connectivity index (χ4v) is 3.54. The average molecular weight is 343 g/mol. The van der Waals surface area contributed by atoms with E-state index in [0.717, 1.165) is 32.1 Å². The minimum atomic E-state index is -1.19. The molecule has 5 heteroatoms. The second-order valence-corrected chi connectivity index (χ2v) is 7.12. The molecule has 0 saturated carbocycles. The maximum Gasteiger partial charge on any atom is 0.287 e. The third-order valence-electron chi connectivity index (χ3n) is 3.83. The SMILES string of the molecule is O=S(CCCCCCc1ccccc1)c1ncc(-c2ccco2)o1. The summed E-state index contributed by atoms with van der Waals surface area (Å²) in [6, 6.07) is 14.1. The molecule has 0 aliphatic carbocycles. The summed E-state index contributed by atoms with van der Waals surface area (Å²) in [6.45, 7) is 0. The van der Waals surface area contributed by atoms with Crippen LogP contribution in [-0.2, 0) is 17.2 Å². The zero-order chi connectivity index (χ0) is 16.6. The summed E-state index contributed by atoms with van der Waals surface area (Å²) in [6.07, 6.45) is 8.55. The summed E-state index contributed by atoms with van der Waals surface area (Å²) in [4.78, 5) is 4.10. The van der Waals surface area contributed by atoms with E-state index in [2.05, 4.69) is 29.2 Å². The van der Waals surface area contributed by atoms with Crippen LogP contribution in [0.2, 0.25) is 0 Å². The van der Waals surface area contributed by atoms with E-state index in [-0.39, 0.29) is 5.22 Å². The van der Waals surface area contributed by atoms with E-state index in [9.17, 15) is 4.21 Å². The monoisotopic (exact) mass is 343 g/mol. The third kappa shape index (κ3) is 4.68. The highest BCUT2D eigenvalue weighted by atomic mass is 32.2. The Hall–Kier alpha value is -2.14. The van der Waals surface area contributed by atoms with Crippen LogP contribution in [0.25, 0.3) is 11.5 Å². The molecule has 0 N–H and O–H groups in total. The van der Waals surface area contributed by atoms with Gasteiger partial charge in [-0.2, -0.15) is 0 Å². The second kappa shape index (κ2) is 8.64. The predicted molar refractivity (Wildman–Crippen MR) is 94.1 cm³/mol. The highest BCUT2D eigenvalue weighted by Crippen LogP contribution is 2.22. The van der Waals surface area contributed by atoms with E-state index in [0.29, 0.717) is 17.3 Å². The average Bonchev–Trinajstić information content (AvgIpc) is 3.29. The number of unbranched alkanes of at least 4 members (excludes halogenated alkanes) is 3. The quantitative estimate of drug-likeness (QED) is 0.521. The number of furan rings is 1. The van der Waals surface area contributed by atoms with Crippen molar-refractivity contribution in [1.82, 2.24) is 4.98 Å². The zero-order valence-electron chi connectivity index (χ0n) is 13.5. The number of hydrogen-bond donors (Lipinski definition) is 0. The normalized spacial score (nSPS) is 12.3. The molecule has 3 rings (SSSR count). The van der Waals surface area contributed by atoms with E-state index in [1.54, 1.807) is 24.6 Å². The van der Waals surface area contributed by atoms with E-state index >= 15 is 0 Å². The maximum absolute atomic E-state index is 12.2. The molecule has 0 amide bonds. The van der Waals surface area contributed by atoms with Gasteiger partial charge in [0.2, 0.25) is 0 Å². The molecule has 0 aliphatic heterocycles. The molecule has 0 saturated heterocycles. The molecule has 0 spiro atoms. The first-order chi connectivity index (χ1) is 11.8. The molecular formula is C19H21NO3S. The lowest BCUT2D eigenvalue weighted by Gasteiger charge is -2.01. The van der Waals surface area contributed by atoms with Gasteiger partial charge in [-0.25, -0.2) is 9.19 Å². The van der Waals surface area contributed by atoms with Gasteiger partial charge in [0.05, 0.1) is 12.5 Å². The van der Waals surface area contributed by atoms with Crippen LogP contribution >= 0.6 is 0 Å². The molecule has 0 radical (unpaired) electrons. The third-order valence-corrected chi connectivity index (χ3v) is 5.07. The smallest absolute Gasteiger partial charge is 0.287 e. The lowest BCUT2D eigenvalue weighted by Crippen LogP contribution is -1.98. The Kier molecular flexibility index (Phi) is 6.01. The Bertz CT molecular complexity index is 750. The van der Waals surface area contributed by atoms with E-state index in [1.165, 1.54) is 5.56 Å². The van der Waals surface area contributed by atoms with Crippen molar-refractivity contribution in [1.29, 1.82) is 0 Å². The Morgan fingerprint density at radius 1 is 0.917 bits per heavy atom. The van der Waals surface area contributed by atoms with Gasteiger partial charge >= 0.3 is 0 Å². The van der Waals surface area contributed by atoms with Crippen molar-refractivity contribution in [2.24, 2.45) is 0 Å². The van der Waals surface area contributed by atoms with Gasteiger partial charge < -0.3 is 8.83 Å². The van der Waals surface area contributed by atoms with Crippen molar-refractivity contribution in [3.63, 3.8) is 0 Å². The molecule has 1 atom stereocenters.